The van der Waals surface area contributed by atoms with E-state index in [0.717, 1.165) is 37.4 Å². The molecule has 29 heavy (non-hydrogen) atoms. The van der Waals surface area contributed by atoms with Crippen LogP contribution < -0.4 is 10.2 Å². The molecule has 0 atom stereocenters. The van der Waals surface area contributed by atoms with Crippen molar-refractivity contribution in [2.24, 2.45) is 7.05 Å². The van der Waals surface area contributed by atoms with Gasteiger partial charge in [0.2, 0.25) is 5.91 Å². The molecule has 4 rings (SSSR count). The Morgan fingerprint density at radius 3 is 2.55 bits per heavy atom. The molecule has 1 saturated heterocycles. The van der Waals surface area contributed by atoms with Crippen LogP contribution >= 0.6 is 0 Å². The van der Waals surface area contributed by atoms with Crippen molar-refractivity contribution in [1.29, 1.82) is 0 Å². The number of rotatable bonds is 5. The molecule has 2 amide bonds. The van der Waals surface area contributed by atoms with Crippen LogP contribution in [0.1, 0.15) is 53.0 Å². The number of aromatic nitrogens is 2. The number of piperazine rings is 1. The Balaban J connectivity index is 1.41. The second-order valence-corrected chi connectivity index (χ2v) is 8.09. The second kappa shape index (κ2) is 7.89. The van der Waals surface area contributed by atoms with Crippen LogP contribution in [-0.4, -0.2) is 52.7 Å². The zero-order valence-corrected chi connectivity index (χ0v) is 17.4. The Morgan fingerprint density at radius 1 is 1.17 bits per heavy atom. The van der Waals surface area contributed by atoms with Gasteiger partial charge in [0.15, 0.2) is 0 Å². The van der Waals surface area contributed by atoms with E-state index in [1.807, 2.05) is 24.1 Å². The average Bonchev–Trinajstić information content (AvgIpc) is 3.49. The highest BCUT2D eigenvalue weighted by molar-refractivity contribution is 5.92. The fourth-order valence-corrected chi connectivity index (χ4v) is 4.01. The summed E-state index contributed by atoms with van der Waals surface area (Å²) in [7, 11) is 1.83. The molecule has 2 aromatic rings. The van der Waals surface area contributed by atoms with E-state index >= 15 is 0 Å². The van der Waals surface area contributed by atoms with Crippen molar-refractivity contribution < 1.29 is 9.59 Å². The molecule has 7 heteroatoms. The van der Waals surface area contributed by atoms with Gasteiger partial charge in [-0.3, -0.25) is 14.3 Å². The largest absolute Gasteiger partial charge is 0.368 e. The van der Waals surface area contributed by atoms with E-state index < -0.39 is 0 Å². The Hall–Kier alpha value is -2.83. The lowest BCUT2D eigenvalue weighted by molar-refractivity contribution is -0.129. The molecule has 1 N–H and O–H groups in total. The maximum Gasteiger partial charge on any atom is 0.269 e. The summed E-state index contributed by atoms with van der Waals surface area (Å²) < 4.78 is 1.68. The van der Waals surface area contributed by atoms with Crippen molar-refractivity contribution in [3.8, 4) is 0 Å². The summed E-state index contributed by atoms with van der Waals surface area (Å²) in [5, 5.41) is 7.53. The summed E-state index contributed by atoms with van der Waals surface area (Å²) in [6, 6.07) is 8.14. The zero-order valence-electron chi connectivity index (χ0n) is 17.4. The van der Waals surface area contributed by atoms with E-state index in [1.165, 1.54) is 24.1 Å². The normalized spacial score (nSPS) is 16.8. The highest BCUT2D eigenvalue weighted by Gasteiger charge is 2.28. The van der Waals surface area contributed by atoms with Crippen LogP contribution in [0.2, 0.25) is 0 Å². The zero-order chi connectivity index (χ0) is 20.5. The van der Waals surface area contributed by atoms with Gasteiger partial charge in [-0.05, 0) is 43.0 Å². The summed E-state index contributed by atoms with van der Waals surface area (Å²) in [6.07, 6.45) is 2.34. The van der Waals surface area contributed by atoms with Crippen molar-refractivity contribution in [3.05, 3.63) is 46.8 Å². The number of nitrogens with one attached hydrogen (secondary N) is 1. The second-order valence-electron chi connectivity index (χ2n) is 8.09. The van der Waals surface area contributed by atoms with Crippen molar-refractivity contribution in [3.63, 3.8) is 0 Å². The van der Waals surface area contributed by atoms with Gasteiger partial charge in [-0.1, -0.05) is 12.1 Å². The molecular formula is C22H29N5O2. The quantitative estimate of drug-likeness (QED) is 0.843. The fraction of sp³-hybridized carbons (Fsp3) is 0.500. The van der Waals surface area contributed by atoms with Crippen molar-refractivity contribution in [1.82, 2.24) is 20.0 Å². The first-order valence-electron chi connectivity index (χ1n) is 10.3. The molecule has 7 nitrogen and oxygen atoms in total. The molecule has 0 unspecified atom stereocenters. The smallest absolute Gasteiger partial charge is 0.269 e. The first kappa shape index (κ1) is 19.5. The predicted molar refractivity (Wildman–Crippen MR) is 112 cm³/mol. The van der Waals surface area contributed by atoms with Crippen LogP contribution in [0.15, 0.2) is 24.3 Å². The molecule has 1 aliphatic carbocycles. The van der Waals surface area contributed by atoms with Gasteiger partial charge >= 0.3 is 0 Å². The number of hydrogen-bond acceptors (Lipinski definition) is 4. The minimum atomic E-state index is -0.0909. The third-order valence-corrected chi connectivity index (χ3v) is 6.05. The number of carbonyl (C=O) groups is 2. The third kappa shape index (κ3) is 4.13. The standard InChI is InChI=1S/C22H29N5O2/c1-15-18(5-4-6-20(15)27-11-9-26(10-12-27)16(2)28)14-23-22(29)21-13-19(17-7-8-17)24-25(21)3/h4-6,13,17H,7-12,14H2,1-3H3,(H,23,29). The summed E-state index contributed by atoms with van der Waals surface area (Å²) in [5.74, 6) is 0.578. The molecule has 1 saturated carbocycles. The van der Waals surface area contributed by atoms with Crippen molar-refractivity contribution in [2.45, 2.75) is 39.2 Å². The molecular weight excluding hydrogens is 366 g/mol. The van der Waals surface area contributed by atoms with Gasteiger partial charge in [0.1, 0.15) is 5.69 Å². The molecule has 0 bridgehead atoms. The van der Waals surface area contributed by atoms with Gasteiger partial charge in [-0.25, -0.2) is 0 Å². The molecule has 1 aliphatic heterocycles. The summed E-state index contributed by atoms with van der Waals surface area (Å²) in [4.78, 5) is 28.4. The highest BCUT2D eigenvalue weighted by Crippen LogP contribution is 2.39. The van der Waals surface area contributed by atoms with E-state index in [0.29, 0.717) is 18.2 Å². The average molecular weight is 396 g/mol. The van der Waals surface area contributed by atoms with Crippen molar-refractivity contribution >= 4 is 17.5 Å². The minimum absolute atomic E-state index is 0.0909. The maximum absolute atomic E-state index is 12.7. The van der Waals surface area contributed by atoms with Crippen LogP contribution in [0.5, 0.6) is 0 Å². The number of carbonyl (C=O) groups excluding carboxylic acids is 2. The van der Waals surface area contributed by atoms with Crippen molar-refractivity contribution in [2.75, 3.05) is 31.1 Å². The first-order valence-corrected chi connectivity index (χ1v) is 10.3. The molecule has 1 aromatic heterocycles. The molecule has 2 fully saturated rings. The van der Waals surface area contributed by atoms with Gasteiger partial charge in [0, 0.05) is 58.3 Å². The third-order valence-electron chi connectivity index (χ3n) is 6.05. The Labute approximate surface area is 171 Å². The van der Waals surface area contributed by atoms with E-state index in [1.54, 1.807) is 11.6 Å². The summed E-state index contributed by atoms with van der Waals surface area (Å²) in [6.45, 7) is 7.36. The van der Waals surface area contributed by atoms with Gasteiger partial charge in [0.05, 0.1) is 5.69 Å². The topological polar surface area (TPSA) is 70.5 Å². The lowest BCUT2D eigenvalue weighted by atomic mass is 10.0. The Morgan fingerprint density at radius 2 is 1.90 bits per heavy atom. The van der Waals surface area contributed by atoms with Crippen LogP contribution in [-0.2, 0) is 18.4 Å². The number of amides is 2. The molecule has 2 aliphatic rings. The lowest BCUT2D eigenvalue weighted by Crippen LogP contribution is -2.48. The fourth-order valence-electron chi connectivity index (χ4n) is 4.01. The molecule has 0 radical (unpaired) electrons. The van der Waals surface area contributed by atoms with E-state index in [-0.39, 0.29) is 11.8 Å². The molecule has 0 spiro atoms. The Kier molecular flexibility index (Phi) is 5.30. The van der Waals surface area contributed by atoms with Crippen LogP contribution in [0.25, 0.3) is 0 Å². The lowest BCUT2D eigenvalue weighted by Gasteiger charge is -2.36. The maximum atomic E-state index is 12.7. The number of anilines is 1. The van der Waals surface area contributed by atoms with Gasteiger partial charge < -0.3 is 15.1 Å². The Bertz CT molecular complexity index is 923. The number of benzene rings is 1. The van der Waals surface area contributed by atoms with Gasteiger partial charge in [0.25, 0.3) is 5.91 Å². The van der Waals surface area contributed by atoms with Gasteiger partial charge in [-0.2, -0.15) is 5.10 Å². The highest BCUT2D eigenvalue weighted by atomic mass is 16.2. The molecule has 2 heterocycles. The molecule has 1 aromatic carbocycles. The van der Waals surface area contributed by atoms with Crippen LogP contribution in [0, 0.1) is 6.92 Å². The van der Waals surface area contributed by atoms with E-state index in [4.69, 9.17) is 0 Å². The predicted octanol–water partition coefficient (Wildman–Crippen LogP) is 2.20. The monoisotopic (exact) mass is 395 g/mol. The number of aryl methyl sites for hydroxylation is 1. The van der Waals surface area contributed by atoms with Crippen LogP contribution in [0.3, 0.4) is 0 Å². The van der Waals surface area contributed by atoms with Crippen LogP contribution in [0.4, 0.5) is 5.69 Å². The SMILES string of the molecule is CC(=O)N1CCN(c2cccc(CNC(=O)c3cc(C4CC4)nn3C)c2C)CC1. The van der Waals surface area contributed by atoms with Gasteiger partial charge in [-0.15, -0.1) is 0 Å². The summed E-state index contributed by atoms with van der Waals surface area (Å²) >= 11 is 0. The number of hydrogen-bond donors (Lipinski definition) is 1. The minimum Gasteiger partial charge on any atom is -0.368 e. The van der Waals surface area contributed by atoms with E-state index in [9.17, 15) is 9.59 Å². The summed E-state index contributed by atoms with van der Waals surface area (Å²) in [5.41, 5.74) is 5.10. The number of nitrogens with zero attached hydrogens (tertiary/aromatic N) is 4. The van der Waals surface area contributed by atoms with E-state index in [2.05, 4.69) is 34.4 Å². The molecule has 154 valence electrons. The first-order chi connectivity index (χ1) is 13.9.